The molecule has 0 bridgehead atoms. The number of carboxylic acids is 1. The molecular weight excluding hydrogens is 274 g/mol. The molecule has 1 aromatic rings. The van der Waals surface area contributed by atoms with Crippen molar-refractivity contribution in [2.45, 2.75) is 32.2 Å². The monoisotopic (exact) mass is 293 g/mol. The van der Waals surface area contributed by atoms with Crippen molar-refractivity contribution in [3.63, 3.8) is 0 Å². The SMILES string of the molecule is CC(C)c1ccccc1NC(=O)N[C@H](CC(N)=O)C(=O)O. The molecule has 0 saturated carbocycles. The second-order valence-electron chi connectivity index (χ2n) is 4.90. The topological polar surface area (TPSA) is 122 Å². The summed E-state index contributed by atoms with van der Waals surface area (Å²) in [6.07, 6.45) is -0.464. The Labute approximate surface area is 122 Å². The number of amides is 3. The van der Waals surface area contributed by atoms with Crippen molar-refractivity contribution >= 4 is 23.6 Å². The zero-order valence-corrected chi connectivity index (χ0v) is 11.9. The van der Waals surface area contributed by atoms with Crippen LogP contribution in [0.3, 0.4) is 0 Å². The summed E-state index contributed by atoms with van der Waals surface area (Å²) in [7, 11) is 0. The number of primary amides is 1. The maximum absolute atomic E-state index is 11.8. The van der Waals surface area contributed by atoms with Crippen LogP contribution in [-0.2, 0) is 9.59 Å². The van der Waals surface area contributed by atoms with Crippen LogP contribution in [0.1, 0.15) is 31.7 Å². The first kappa shape index (κ1) is 16.5. The van der Waals surface area contributed by atoms with Gasteiger partial charge in [0.15, 0.2) is 0 Å². The fourth-order valence-corrected chi connectivity index (χ4v) is 1.83. The van der Waals surface area contributed by atoms with E-state index in [2.05, 4.69) is 10.6 Å². The molecule has 0 radical (unpaired) electrons. The Kier molecular flexibility index (Phi) is 5.71. The van der Waals surface area contributed by atoms with E-state index >= 15 is 0 Å². The molecule has 0 saturated heterocycles. The van der Waals surface area contributed by atoms with Crippen LogP contribution in [0.2, 0.25) is 0 Å². The highest BCUT2D eigenvalue weighted by Crippen LogP contribution is 2.23. The van der Waals surface area contributed by atoms with Gasteiger partial charge in [-0.25, -0.2) is 9.59 Å². The summed E-state index contributed by atoms with van der Waals surface area (Å²) in [5, 5.41) is 13.7. The van der Waals surface area contributed by atoms with Crippen molar-refractivity contribution in [1.82, 2.24) is 5.32 Å². The van der Waals surface area contributed by atoms with E-state index in [9.17, 15) is 14.4 Å². The summed E-state index contributed by atoms with van der Waals surface area (Å²) in [4.78, 5) is 33.6. The fourth-order valence-electron chi connectivity index (χ4n) is 1.83. The minimum absolute atomic E-state index is 0.197. The quantitative estimate of drug-likeness (QED) is 0.630. The Bertz CT molecular complexity index is 543. The largest absolute Gasteiger partial charge is 0.480 e. The highest BCUT2D eigenvalue weighted by Gasteiger charge is 2.22. The summed E-state index contributed by atoms with van der Waals surface area (Å²) in [5.74, 6) is -1.92. The number of hydrogen-bond acceptors (Lipinski definition) is 3. The molecule has 21 heavy (non-hydrogen) atoms. The molecular formula is C14H19N3O4. The van der Waals surface area contributed by atoms with Crippen LogP contribution in [0, 0.1) is 0 Å². The van der Waals surface area contributed by atoms with Gasteiger partial charge in [0.2, 0.25) is 5.91 Å². The lowest BCUT2D eigenvalue weighted by molar-refractivity contribution is -0.140. The van der Waals surface area contributed by atoms with E-state index in [1.54, 1.807) is 12.1 Å². The van der Waals surface area contributed by atoms with Gasteiger partial charge in [-0.2, -0.15) is 0 Å². The lowest BCUT2D eigenvalue weighted by atomic mass is 10.0. The Morgan fingerprint density at radius 3 is 2.38 bits per heavy atom. The number of para-hydroxylation sites is 1. The standard InChI is InChI=1S/C14H19N3O4/c1-8(2)9-5-3-4-6-10(9)16-14(21)17-11(13(19)20)7-12(15)18/h3-6,8,11H,7H2,1-2H3,(H2,15,18)(H,19,20)(H2,16,17,21)/t11-/m1/s1. The average Bonchev–Trinajstić information content (AvgIpc) is 2.37. The van der Waals surface area contributed by atoms with E-state index in [-0.39, 0.29) is 5.92 Å². The summed E-state index contributed by atoms with van der Waals surface area (Å²) < 4.78 is 0. The third-order valence-corrected chi connectivity index (χ3v) is 2.84. The molecule has 0 aliphatic heterocycles. The molecule has 0 fully saturated rings. The summed E-state index contributed by atoms with van der Waals surface area (Å²) >= 11 is 0. The molecule has 0 aliphatic rings. The first-order valence-electron chi connectivity index (χ1n) is 6.48. The fraction of sp³-hybridized carbons (Fsp3) is 0.357. The summed E-state index contributed by atoms with van der Waals surface area (Å²) in [6.45, 7) is 3.96. The molecule has 0 spiro atoms. The van der Waals surface area contributed by atoms with Gasteiger partial charge in [-0.1, -0.05) is 32.0 Å². The van der Waals surface area contributed by atoms with E-state index in [0.29, 0.717) is 5.69 Å². The minimum Gasteiger partial charge on any atom is -0.480 e. The van der Waals surface area contributed by atoms with Crippen LogP contribution in [0.4, 0.5) is 10.5 Å². The van der Waals surface area contributed by atoms with Crippen LogP contribution in [0.25, 0.3) is 0 Å². The van der Waals surface area contributed by atoms with Crippen LogP contribution >= 0.6 is 0 Å². The Balaban J connectivity index is 2.77. The Hall–Kier alpha value is -2.57. The zero-order valence-electron chi connectivity index (χ0n) is 11.9. The van der Waals surface area contributed by atoms with Crippen LogP contribution < -0.4 is 16.4 Å². The molecule has 7 heteroatoms. The average molecular weight is 293 g/mol. The van der Waals surface area contributed by atoms with Crippen molar-refractivity contribution in [2.24, 2.45) is 5.73 Å². The highest BCUT2D eigenvalue weighted by atomic mass is 16.4. The number of carbonyl (C=O) groups excluding carboxylic acids is 2. The first-order chi connectivity index (χ1) is 9.81. The van der Waals surface area contributed by atoms with E-state index in [0.717, 1.165) is 5.56 Å². The normalized spacial score (nSPS) is 11.8. The number of benzene rings is 1. The van der Waals surface area contributed by atoms with Crippen molar-refractivity contribution < 1.29 is 19.5 Å². The van der Waals surface area contributed by atoms with Gasteiger partial charge in [0.25, 0.3) is 0 Å². The molecule has 7 nitrogen and oxygen atoms in total. The van der Waals surface area contributed by atoms with Gasteiger partial charge in [-0.15, -0.1) is 0 Å². The molecule has 0 heterocycles. The van der Waals surface area contributed by atoms with Crippen LogP contribution in [0.5, 0.6) is 0 Å². The number of rotatable bonds is 6. The predicted molar refractivity (Wildman–Crippen MR) is 77.9 cm³/mol. The van der Waals surface area contributed by atoms with E-state index in [4.69, 9.17) is 10.8 Å². The van der Waals surface area contributed by atoms with Gasteiger partial charge in [0.05, 0.1) is 6.42 Å². The maximum Gasteiger partial charge on any atom is 0.326 e. The third kappa shape index (κ3) is 5.13. The van der Waals surface area contributed by atoms with Crippen LogP contribution in [-0.4, -0.2) is 29.1 Å². The maximum atomic E-state index is 11.8. The molecule has 3 amide bonds. The van der Waals surface area contributed by atoms with Gasteiger partial charge in [0.1, 0.15) is 6.04 Å². The number of urea groups is 1. The van der Waals surface area contributed by atoms with E-state index in [1.807, 2.05) is 26.0 Å². The van der Waals surface area contributed by atoms with Crippen molar-refractivity contribution in [2.75, 3.05) is 5.32 Å². The molecule has 114 valence electrons. The highest BCUT2D eigenvalue weighted by molar-refractivity contribution is 5.94. The summed E-state index contributed by atoms with van der Waals surface area (Å²) in [5.41, 5.74) is 6.47. The molecule has 1 aromatic carbocycles. The van der Waals surface area contributed by atoms with Gasteiger partial charge in [-0.3, -0.25) is 4.79 Å². The van der Waals surface area contributed by atoms with Crippen molar-refractivity contribution in [1.29, 1.82) is 0 Å². The van der Waals surface area contributed by atoms with Gasteiger partial charge < -0.3 is 21.5 Å². The molecule has 5 N–H and O–H groups in total. The van der Waals surface area contributed by atoms with Crippen LogP contribution in [0.15, 0.2) is 24.3 Å². The number of carbonyl (C=O) groups is 3. The first-order valence-corrected chi connectivity index (χ1v) is 6.48. The van der Waals surface area contributed by atoms with Crippen molar-refractivity contribution in [3.05, 3.63) is 29.8 Å². The number of carboxylic acid groups (broad SMARTS) is 1. The number of nitrogens with two attached hydrogens (primary N) is 1. The van der Waals surface area contributed by atoms with E-state index < -0.39 is 30.4 Å². The second kappa shape index (κ2) is 7.28. The van der Waals surface area contributed by atoms with Gasteiger partial charge in [-0.05, 0) is 17.5 Å². The van der Waals surface area contributed by atoms with Crippen molar-refractivity contribution in [3.8, 4) is 0 Å². The van der Waals surface area contributed by atoms with Gasteiger partial charge >= 0.3 is 12.0 Å². The molecule has 1 rings (SSSR count). The second-order valence-corrected chi connectivity index (χ2v) is 4.90. The van der Waals surface area contributed by atoms with Gasteiger partial charge in [0, 0.05) is 5.69 Å². The number of aliphatic carboxylic acids is 1. The smallest absolute Gasteiger partial charge is 0.326 e. The summed E-state index contributed by atoms with van der Waals surface area (Å²) in [6, 6.07) is 5.16. The Morgan fingerprint density at radius 2 is 1.86 bits per heavy atom. The molecule has 0 aromatic heterocycles. The lowest BCUT2D eigenvalue weighted by Crippen LogP contribution is -2.45. The van der Waals surface area contributed by atoms with E-state index in [1.165, 1.54) is 0 Å². The molecule has 0 unspecified atom stereocenters. The zero-order chi connectivity index (χ0) is 16.0. The number of nitrogens with one attached hydrogen (secondary N) is 2. The predicted octanol–water partition coefficient (Wildman–Crippen LogP) is 1.26. The number of hydrogen-bond donors (Lipinski definition) is 4. The minimum atomic E-state index is -1.35. The molecule has 1 atom stereocenters. The third-order valence-electron chi connectivity index (χ3n) is 2.84. The lowest BCUT2D eigenvalue weighted by Gasteiger charge is -2.16. The molecule has 0 aliphatic carbocycles. The number of anilines is 1. The Morgan fingerprint density at radius 1 is 1.24 bits per heavy atom.